The third-order valence-corrected chi connectivity index (χ3v) is 8.69. The highest BCUT2D eigenvalue weighted by Gasteiger charge is 2.37. The Labute approximate surface area is 232 Å². The molecule has 208 valence electrons. The van der Waals surface area contributed by atoms with E-state index in [0.717, 1.165) is 53.7 Å². The lowest BCUT2D eigenvalue weighted by Gasteiger charge is -2.30. The zero-order valence-corrected chi connectivity index (χ0v) is 24.1. The van der Waals surface area contributed by atoms with Gasteiger partial charge in [0.1, 0.15) is 23.9 Å². The lowest BCUT2D eigenvalue weighted by Crippen LogP contribution is -2.25. The molecule has 3 aromatic rings. The second kappa shape index (κ2) is 11.8. The Balaban J connectivity index is 1.64. The molecule has 0 bridgehead atoms. The molecule has 2 atom stereocenters. The van der Waals surface area contributed by atoms with Crippen molar-refractivity contribution >= 4 is 5.97 Å². The quantitative estimate of drug-likeness (QED) is 0.245. The molecule has 1 fully saturated rings. The van der Waals surface area contributed by atoms with Crippen LogP contribution in [0.1, 0.15) is 82.4 Å². The molecule has 0 N–H and O–H groups in total. The van der Waals surface area contributed by atoms with Crippen molar-refractivity contribution in [3.63, 3.8) is 0 Å². The van der Waals surface area contributed by atoms with E-state index in [4.69, 9.17) is 14.2 Å². The predicted molar refractivity (Wildman–Crippen MR) is 154 cm³/mol. The van der Waals surface area contributed by atoms with Crippen molar-refractivity contribution < 1.29 is 23.4 Å². The summed E-state index contributed by atoms with van der Waals surface area (Å²) in [4.78, 5) is 12.0. The third kappa shape index (κ3) is 6.29. The predicted octanol–water partition coefficient (Wildman–Crippen LogP) is 8.60. The highest BCUT2D eigenvalue weighted by molar-refractivity contribution is 5.72. The monoisotopic (exact) mass is 532 g/mol. The van der Waals surface area contributed by atoms with Crippen LogP contribution in [0.2, 0.25) is 0 Å². The number of carbonyl (C=O) groups excluding carboxylic acids is 1. The van der Waals surface area contributed by atoms with Gasteiger partial charge in [0.2, 0.25) is 0 Å². The van der Waals surface area contributed by atoms with E-state index in [9.17, 15) is 4.79 Å². The summed E-state index contributed by atoms with van der Waals surface area (Å²) >= 11 is 0. The van der Waals surface area contributed by atoms with Gasteiger partial charge in [0, 0.05) is 11.0 Å². The maximum absolute atomic E-state index is 15.1. The van der Waals surface area contributed by atoms with E-state index in [-0.39, 0.29) is 22.6 Å². The smallest absolute Gasteiger partial charge is 0.306 e. The molecule has 4 nitrogen and oxygen atoms in total. The van der Waals surface area contributed by atoms with Crippen molar-refractivity contribution in [1.29, 1.82) is 0 Å². The van der Waals surface area contributed by atoms with Crippen molar-refractivity contribution in [2.24, 2.45) is 5.41 Å². The van der Waals surface area contributed by atoms with E-state index in [1.54, 1.807) is 19.2 Å². The Morgan fingerprint density at radius 3 is 2.49 bits per heavy atom. The summed E-state index contributed by atoms with van der Waals surface area (Å²) in [6, 6.07) is 19.1. The lowest BCUT2D eigenvalue weighted by molar-refractivity contribution is -0.142. The average Bonchev–Trinajstić information content (AvgIpc) is 3.30. The molecule has 3 aromatic carbocycles. The number of methoxy groups -OCH3 is 2. The van der Waals surface area contributed by atoms with Crippen molar-refractivity contribution in [2.45, 2.75) is 77.7 Å². The second-order valence-corrected chi connectivity index (χ2v) is 11.7. The van der Waals surface area contributed by atoms with Crippen LogP contribution in [0.4, 0.5) is 4.39 Å². The molecule has 0 radical (unpaired) electrons. The first-order chi connectivity index (χ1) is 18.6. The average molecular weight is 533 g/mol. The number of esters is 1. The minimum Gasteiger partial charge on any atom is -0.497 e. The van der Waals surface area contributed by atoms with E-state index in [1.807, 2.05) is 36.4 Å². The Morgan fingerprint density at radius 1 is 1.03 bits per heavy atom. The van der Waals surface area contributed by atoms with Crippen LogP contribution >= 0.6 is 0 Å². The van der Waals surface area contributed by atoms with Gasteiger partial charge in [0.15, 0.2) is 0 Å². The third-order valence-electron chi connectivity index (χ3n) is 8.69. The van der Waals surface area contributed by atoms with E-state index in [2.05, 4.69) is 33.8 Å². The standard InChI is InChI=1S/C34H41FO4/c1-7-34(4,21-32(36)38-6)24-10-8-11-26(19-24)39-22-23-13-15-27(29-20-25(37-5)14-16-31(29)35)28(18-23)30-12-9-17-33(30,2)3/h8,10-11,13-16,18-20,30H,7,9,12,17,21-22H2,1-6H3/t30-,34?/m0/s1. The molecule has 4 rings (SSSR count). The first kappa shape index (κ1) is 28.7. The maximum Gasteiger partial charge on any atom is 0.306 e. The van der Waals surface area contributed by atoms with Crippen LogP contribution in [0.25, 0.3) is 11.1 Å². The number of hydrogen-bond donors (Lipinski definition) is 0. The molecule has 0 amide bonds. The Kier molecular flexibility index (Phi) is 8.68. The fourth-order valence-electron chi connectivity index (χ4n) is 5.93. The van der Waals surface area contributed by atoms with Crippen LogP contribution in [-0.2, 0) is 21.6 Å². The molecule has 0 aromatic heterocycles. The van der Waals surface area contributed by atoms with Crippen LogP contribution in [0.15, 0.2) is 60.7 Å². The zero-order valence-electron chi connectivity index (χ0n) is 24.1. The van der Waals surface area contributed by atoms with E-state index < -0.39 is 0 Å². The molecule has 39 heavy (non-hydrogen) atoms. The van der Waals surface area contributed by atoms with Crippen LogP contribution < -0.4 is 9.47 Å². The fourth-order valence-corrected chi connectivity index (χ4v) is 5.93. The second-order valence-electron chi connectivity index (χ2n) is 11.7. The molecule has 1 unspecified atom stereocenters. The zero-order chi connectivity index (χ0) is 28.2. The van der Waals surface area contributed by atoms with Gasteiger partial charge in [-0.1, -0.05) is 64.4 Å². The van der Waals surface area contributed by atoms with Crippen molar-refractivity contribution in [3.8, 4) is 22.6 Å². The van der Waals surface area contributed by atoms with Crippen LogP contribution in [-0.4, -0.2) is 20.2 Å². The van der Waals surface area contributed by atoms with E-state index in [1.165, 1.54) is 13.2 Å². The van der Waals surface area contributed by atoms with Crippen LogP contribution in [0.5, 0.6) is 11.5 Å². The molecule has 0 spiro atoms. The summed E-state index contributed by atoms with van der Waals surface area (Å²) in [6.45, 7) is 9.17. The summed E-state index contributed by atoms with van der Waals surface area (Å²) in [6.07, 6.45) is 4.49. The van der Waals surface area contributed by atoms with Gasteiger partial charge in [0.05, 0.1) is 20.6 Å². The summed E-state index contributed by atoms with van der Waals surface area (Å²) in [5, 5.41) is 0. The minimum absolute atomic E-state index is 0.127. The van der Waals surface area contributed by atoms with Crippen molar-refractivity contribution in [1.82, 2.24) is 0 Å². The van der Waals surface area contributed by atoms with Gasteiger partial charge >= 0.3 is 5.97 Å². The Hall–Kier alpha value is -3.34. The van der Waals surface area contributed by atoms with Gasteiger partial charge in [-0.25, -0.2) is 4.39 Å². The maximum atomic E-state index is 15.1. The Bertz CT molecular complexity index is 1310. The topological polar surface area (TPSA) is 44.8 Å². The van der Waals surface area contributed by atoms with Crippen LogP contribution in [0.3, 0.4) is 0 Å². The molecule has 0 aliphatic heterocycles. The first-order valence-corrected chi connectivity index (χ1v) is 13.9. The number of ether oxygens (including phenoxy) is 3. The van der Waals surface area contributed by atoms with Gasteiger partial charge in [-0.05, 0) is 83.2 Å². The van der Waals surface area contributed by atoms with Gasteiger partial charge < -0.3 is 14.2 Å². The van der Waals surface area contributed by atoms with E-state index in [0.29, 0.717) is 30.3 Å². The van der Waals surface area contributed by atoms with Crippen molar-refractivity contribution in [2.75, 3.05) is 14.2 Å². The van der Waals surface area contributed by atoms with Gasteiger partial charge in [-0.2, -0.15) is 0 Å². The molecular formula is C34H41FO4. The Morgan fingerprint density at radius 2 is 1.82 bits per heavy atom. The van der Waals surface area contributed by atoms with Gasteiger partial charge in [-0.15, -0.1) is 0 Å². The number of halogens is 1. The molecule has 0 heterocycles. The normalized spacial score (nSPS) is 17.9. The highest BCUT2D eigenvalue weighted by atomic mass is 19.1. The SMILES string of the molecule is CCC(C)(CC(=O)OC)c1cccc(OCc2ccc(-c3cc(OC)ccc3F)c([C@@H]3CCCC3(C)C)c2)c1. The number of rotatable bonds is 10. The van der Waals surface area contributed by atoms with Gasteiger partial charge in [0.25, 0.3) is 0 Å². The van der Waals surface area contributed by atoms with Gasteiger partial charge in [-0.3, -0.25) is 4.79 Å². The van der Waals surface area contributed by atoms with Crippen molar-refractivity contribution in [3.05, 3.63) is 83.2 Å². The largest absolute Gasteiger partial charge is 0.497 e. The highest BCUT2D eigenvalue weighted by Crippen LogP contribution is 2.51. The lowest BCUT2D eigenvalue weighted by atomic mass is 9.75. The molecule has 1 saturated carbocycles. The molecule has 5 heteroatoms. The number of benzene rings is 3. The summed E-state index contributed by atoms with van der Waals surface area (Å²) < 4.78 is 31.7. The van der Waals surface area contributed by atoms with E-state index >= 15 is 4.39 Å². The molecule has 1 aliphatic rings. The molecule has 0 saturated heterocycles. The summed E-state index contributed by atoms with van der Waals surface area (Å²) in [5.41, 5.74) is 4.52. The summed E-state index contributed by atoms with van der Waals surface area (Å²) in [5.74, 6) is 1.24. The first-order valence-electron chi connectivity index (χ1n) is 13.9. The number of carbonyl (C=O) groups is 1. The molecular weight excluding hydrogens is 491 g/mol. The fraction of sp³-hybridized carbons (Fsp3) is 0.441. The molecule has 1 aliphatic carbocycles. The minimum atomic E-state index is -0.337. The van der Waals surface area contributed by atoms with Crippen LogP contribution in [0, 0.1) is 11.2 Å². The summed E-state index contributed by atoms with van der Waals surface area (Å²) in [7, 11) is 3.03. The number of hydrogen-bond acceptors (Lipinski definition) is 4.